The van der Waals surface area contributed by atoms with Gasteiger partial charge in [0.05, 0.1) is 32.7 Å². The quantitative estimate of drug-likeness (QED) is 0.0532. The van der Waals surface area contributed by atoms with Gasteiger partial charge in [-0.15, -0.1) is 0 Å². The van der Waals surface area contributed by atoms with Gasteiger partial charge in [0.1, 0.15) is 0 Å². The first-order chi connectivity index (χ1) is 31.1. The number of aromatic nitrogens is 2. The van der Waals surface area contributed by atoms with Crippen molar-refractivity contribution in [1.29, 1.82) is 0 Å². The molecule has 0 atom stereocenters. The van der Waals surface area contributed by atoms with Gasteiger partial charge in [-0.05, 0) is 78.6 Å². The van der Waals surface area contributed by atoms with Crippen LogP contribution in [0.5, 0.6) is 0 Å². The second kappa shape index (κ2) is 26.1. The highest BCUT2D eigenvalue weighted by atomic mass is 32.1. The fourth-order valence-corrected chi connectivity index (χ4v) is 7.85. The van der Waals surface area contributed by atoms with E-state index >= 15 is 0 Å². The van der Waals surface area contributed by atoms with E-state index in [1.165, 1.54) is 25.2 Å². The molecule has 1 aliphatic rings. The highest BCUT2D eigenvalue weighted by molar-refractivity contribution is 7.80. The molecule has 0 aliphatic heterocycles. The van der Waals surface area contributed by atoms with Crippen molar-refractivity contribution in [2.45, 2.75) is 58.4 Å². The number of nitrogens with two attached hydrogens (primary N) is 1. The van der Waals surface area contributed by atoms with E-state index in [4.69, 9.17) is 5.73 Å². The van der Waals surface area contributed by atoms with Crippen LogP contribution in [-0.2, 0) is 48.2 Å². The van der Waals surface area contributed by atoms with E-state index in [9.17, 15) is 28.8 Å². The van der Waals surface area contributed by atoms with Crippen LogP contribution in [0.2, 0.25) is 0 Å². The monoisotopic (exact) mass is 893 g/mol. The second-order valence-corrected chi connectivity index (χ2v) is 16.4. The molecule has 5 rings (SSSR count). The predicted octanol–water partition coefficient (Wildman–Crippen LogP) is 3.39. The molecule has 2 aromatic carbocycles. The number of nitrogens with one attached hydrogen (secondary N) is 3. The molecule has 0 radical (unpaired) electrons. The summed E-state index contributed by atoms with van der Waals surface area (Å²) in [5, 5.41) is 6.92. The Bertz CT molecular complexity index is 2210. The Hall–Kier alpha value is -5.84. The van der Waals surface area contributed by atoms with Crippen LogP contribution in [0.1, 0.15) is 61.3 Å². The summed E-state index contributed by atoms with van der Waals surface area (Å²) in [6, 6.07) is 19.7. The van der Waals surface area contributed by atoms with Crippen molar-refractivity contribution in [3.8, 4) is 0 Å². The molecule has 0 unspecified atom stereocenters. The minimum Gasteiger partial charge on any atom is -0.361 e. The number of Topliss-reactive ketones (excluding diaryl/α,β-unsaturated/α-hetero) is 1. The normalized spacial score (nSPS) is 11.8. The Labute approximate surface area is 381 Å². The number of carbonyl (C=O) groups is 6. The SMILES string of the molecule is CCCN(CC(=O)NCCS)C(=O)CN(CCc1c[nH]c2ccccc12)C(=O)CCC(=O)CN(CCCN)C(=O)CN(CCC1=CCc2ccccc21)C(=O)CNCc1cccnc1. The third-order valence-electron chi connectivity index (χ3n) is 11.2. The Kier molecular flexibility index (Phi) is 20.0. The Balaban J connectivity index is 1.24. The van der Waals surface area contributed by atoms with E-state index in [2.05, 4.69) is 51.4 Å². The lowest BCUT2D eigenvalue weighted by Gasteiger charge is -2.28. The highest BCUT2D eigenvalue weighted by Crippen LogP contribution is 2.29. The zero-order valence-corrected chi connectivity index (χ0v) is 37.8. The van der Waals surface area contributed by atoms with Gasteiger partial charge in [-0.2, -0.15) is 12.6 Å². The predicted molar refractivity (Wildman–Crippen MR) is 252 cm³/mol. The number of allylic oxidation sites excluding steroid dienone is 1. The zero-order chi connectivity index (χ0) is 45.7. The van der Waals surface area contributed by atoms with Gasteiger partial charge in [-0.1, -0.05) is 61.5 Å². The Morgan fingerprint density at radius 2 is 1.50 bits per heavy atom. The minimum absolute atomic E-state index is 0.000423. The number of H-pyrrole nitrogens is 1. The molecule has 16 heteroatoms. The maximum absolute atomic E-state index is 14.0. The van der Waals surface area contributed by atoms with E-state index in [-0.39, 0.29) is 88.7 Å². The Morgan fingerprint density at radius 1 is 0.781 bits per heavy atom. The molecular formula is C48H63N9O6S. The van der Waals surface area contributed by atoms with Gasteiger partial charge < -0.3 is 41.0 Å². The third-order valence-corrected chi connectivity index (χ3v) is 11.4. The van der Waals surface area contributed by atoms with Crippen LogP contribution in [0.3, 0.4) is 0 Å². The fourth-order valence-electron chi connectivity index (χ4n) is 7.74. The van der Waals surface area contributed by atoms with Crippen LogP contribution >= 0.6 is 12.6 Å². The van der Waals surface area contributed by atoms with E-state index in [0.29, 0.717) is 57.6 Å². The Morgan fingerprint density at radius 3 is 2.25 bits per heavy atom. The number of amides is 5. The highest BCUT2D eigenvalue weighted by Gasteiger charge is 2.26. The topological polar surface area (TPSA) is 194 Å². The number of hydrogen-bond acceptors (Lipinski definition) is 10. The van der Waals surface area contributed by atoms with Crippen LogP contribution in [0.25, 0.3) is 16.5 Å². The van der Waals surface area contributed by atoms with E-state index in [1.54, 1.807) is 12.4 Å². The van der Waals surface area contributed by atoms with Crippen molar-refractivity contribution in [1.82, 2.24) is 40.2 Å². The first kappa shape index (κ1) is 49.2. The molecular weight excluding hydrogens is 831 g/mol. The number of para-hydroxylation sites is 1. The molecule has 5 amide bonds. The molecule has 1 aliphatic carbocycles. The summed E-state index contributed by atoms with van der Waals surface area (Å²) in [6.07, 6.45) is 9.98. The number of fused-ring (bicyclic) bond motifs is 2. The van der Waals surface area contributed by atoms with Crippen LogP contribution < -0.4 is 16.4 Å². The summed E-state index contributed by atoms with van der Waals surface area (Å²) in [7, 11) is 0. The average molecular weight is 894 g/mol. The lowest BCUT2D eigenvalue weighted by atomic mass is 10.0. The van der Waals surface area contributed by atoms with Crippen molar-refractivity contribution < 1.29 is 28.8 Å². The molecule has 0 saturated carbocycles. The summed E-state index contributed by atoms with van der Waals surface area (Å²) in [6.45, 7) is 3.13. The fraction of sp³-hybridized carbons (Fsp3) is 0.438. The summed E-state index contributed by atoms with van der Waals surface area (Å²) in [5.41, 5.74) is 12.2. The lowest BCUT2D eigenvalue weighted by molar-refractivity contribution is -0.143. The van der Waals surface area contributed by atoms with Crippen molar-refractivity contribution in [3.05, 3.63) is 108 Å². The second-order valence-electron chi connectivity index (χ2n) is 15.9. The molecule has 2 aromatic heterocycles. The standard InChI is InChI=1S/C48H63N9O6S/c1-2-23-54(33-44(59)52-22-27-64)47(62)34-56(26-19-39-30-53-43-13-6-5-12-42(39)43)45(60)17-16-40(58)32-55(24-8-20-49)48(63)35-57(46(61)31-51-29-36-9-7-21-50-28-36)25-18-38-15-14-37-10-3-4-11-41(37)38/h3-7,9-13,15,21,28,30,51,53,64H,2,8,14,16-20,22-27,29,31-35,49H2,1H3,(H,52,59). The average Bonchev–Trinajstić information content (AvgIpc) is 3.93. The molecule has 5 N–H and O–H groups in total. The van der Waals surface area contributed by atoms with Gasteiger partial charge in [0, 0.05) is 87.4 Å². The number of nitrogens with zero attached hydrogens (tertiary/aromatic N) is 5. The molecule has 342 valence electrons. The third kappa shape index (κ3) is 15.2. The summed E-state index contributed by atoms with van der Waals surface area (Å²) >= 11 is 4.14. The van der Waals surface area contributed by atoms with Crippen LogP contribution in [0, 0.1) is 0 Å². The minimum atomic E-state index is -0.394. The lowest BCUT2D eigenvalue weighted by Crippen LogP contribution is -2.48. The maximum atomic E-state index is 14.0. The van der Waals surface area contributed by atoms with E-state index in [0.717, 1.165) is 39.6 Å². The summed E-state index contributed by atoms with van der Waals surface area (Å²) in [5.74, 6) is -1.60. The van der Waals surface area contributed by atoms with Crippen LogP contribution in [0.15, 0.2) is 85.3 Å². The molecule has 0 bridgehead atoms. The van der Waals surface area contributed by atoms with Crippen molar-refractivity contribution >= 4 is 64.4 Å². The van der Waals surface area contributed by atoms with Gasteiger partial charge in [0.2, 0.25) is 29.5 Å². The maximum Gasteiger partial charge on any atom is 0.242 e. The molecule has 64 heavy (non-hydrogen) atoms. The molecule has 15 nitrogen and oxygen atoms in total. The molecule has 0 fully saturated rings. The van der Waals surface area contributed by atoms with Crippen LogP contribution in [-0.4, -0.2) is 143 Å². The molecule has 0 spiro atoms. The number of benzene rings is 2. The molecule has 4 aromatic rings. The number of aromatic amines is 1. The number of carbonyl (C=O) groups excluding carboxylic acids is 6. The summed E-state index contributed by atoms with van der Waals surface area (Å²) in [4.78, 5) is 94.9. The van der Waals surface area contributed by atoms with Crippen LogP contribution in [0.4, 0.5) is 0 Å². The zero-order valence-electron chi connectivity index (χ0n) is 36.9. The van der Waals surface area contributed by atoms with E-state index < -0.39 is 11.8 Å². The van der Waals surface area contributed by atoms with Gasteiger partial charge in [-0.3, -0.25) is 33.8 Å². The molecule has 0 saturated heterocycles. The van der Waals surface area contributed by atoms with E-state index in [1.807, 2.05) is 61.7 Å². The molecule has 2 heterocycles. The van der Waals surface area contributed by atoms with Crippen molar-refractivity contribution in [2.24, 2.45) is 5.73 Å². The van der Waals surface area contributed by atoms with Crippen molar-refractivity contribution in [3.63, 3.8) is 0 Å². The number of rotatable bonds is 28. The van der Waals surface area contributed by atoms with Gasteiger partial charge in [-0.25, -0.2) is 0 Å². The summed E-state index contributed by atoms with van der Waals surface area (Å²) < 4.78 is 0. The number of thiol groups is 1. The smallest absolute Gasteiger partial charge is 0.242 e. The first-order valence-electron chi connectivity index (χ1n) is 22.2. The van der Waals surface area contributed by atoms with Gasteiger partial charge in [0.25, 0.3) is 0 Å². The largest absolute Gasteiger partial charge is 0.361 e. The van der Waals surface area contributed by atoms with Crippen molar-refractivity contribution in [2.75, 3.05) is 77.7 Å². The van der Waals surface area contributed by atoms with Gasteiger partial charge >= 0.3 is 0 Å². The van der Waals surface area contributed by atoms with Gasteiger partial charge in [0.15, 0.2) is 5.78 Å². The first-order valence-corrected chi connectivity index (χ1v) is 22.9. The number of hydrogen-bond donors (Lipinski definition) is 5. The number of ketones is 1. The number of pyridine rings is 1.